The molecular formula is C28H24N4O. The third-order valence-electron chi connectivity index (χ3n) is 6.71. The molecule has 1 amide bonds. The van der Waals surface area contributed by atoms with Crippen LogP contribution >= 0.6 is 0 Å². The highest BCUT2D eigenvalue weighted by Gasteiger charge is 2.26. The number of likely N-dealkylation sites (tertiary alicyclic amines) is 1. The van der Waals surface area contributed by atoms with Crippen LogP contribution in [0.5, 0.6) is 0 Å². The van der Waals surface area contributed by atoms with Gasteiger partial charge in [-0.15, -0.1) is 0 Å². The Morgan fingerprint density at radius 2 is 1.64 bits per heavy atom. The third kappa shape index (κ3) is 3.55. The summed E-state index contributed by atoms with van der Waals surface area (Å²) in [6.45, 7) is 1.48. The summed E-state index contributed by atoms with van der Waals surface area (Å²) in [7, 11) is 0. The van der Waals surface area contributed by atoms with Crippen molar-refractivity contribution in [3.8, 4) is 11.3 Å². The minimum absolute atomic E-state index is 0.0826. The third-order valence-corrected chi connectivity index (χ3v) is 6.71. The SMILES string of the molecule is O=C(c1cc(-c2cccc3ccccc23)nc2ccccc12)N1CCC(n2ccnc2)CC1. The van der Waals surface area contributed by atoms with Crippen LogP contribution < -0.4 is 0 Å². The normalized spacial score (nSPS) is 14.7. The van der Waals surface area contributed by atoms with E-state index in [0.29, 0.717) is 6.04 Å². The van der Waals surface area contributed by atoms with Crippen molar-refractivity contribution >= 4 is 27.6 Å². The van der Waals surface area contributed by atoms with Crippen molar-refractivity contribution in [2.75, 3.05) is 13.1 Å². The predicted octanol–water partition coefficient (Wildman–Crippen LogP) is 5.73. The fraction of sp³-hybridized carbons (Fsp3) is 0.179. The fourth-order valence-electron chi connectivity index (χ4n) is 4.96. The van der Waals surface area contributed by atoms with E-state index in [9.17, 15) is 4.79 Å². The van der Waals surface area contributed by atoms with Crippen LogP contribution in [0.15, 0.2) is 91.5 Å². The first kappa shape index (κ1) is 19.7. The molecule has 5 heteroatoms. The van der Waals surface area contributed by atoms with Crippen LogP contribution in [0, 0.1) is 0 Å². The number of pyridine rings is 1. The van der Waals surface area contributed by atoms with Crippen LogP contribution in [0.2, 0.25) is 0 Å². The highest BCUT2D eigenvalue weighted by Crippen LogP contribution is 2.32. The van der Waals surface area contributed by atoms with Crippen LogP contribution in [0.3, 0.4) is 0 Å². The van der Waals surface area contributed by atoms with Crippen molar-refractivity contribution in [1.29, 1.82) is 0 Å². The maximum Gasteiger partial charge on any atom is 0.254 e. The fourth-order valence-corrected chi connectivity index (χ4v) is 4.96. The second-order valence-corrected chi connectivity index (χ2v) is 8.63. The molecule has 33 heavy (non-hydrogen) atoms. The number of imidazole rings is 1. The molecule has 5 aromatic rings. The minimum Gasteiger partial charge on any atom is -0.338 e. The van der Waals surface area contributed by atoms with Gasteiger partial charge in [0.25, 0.3) is 5.91 Å². The van der Waals surface area contributed by atoms with E-state index < -0.39 is 0 Å². The minimum atomic E-state index is 0.0826. The highest BCUT2D eigenvalue weighted by molar-refractivity contribution is 6.08. The molecule has 1 aliphatic heterocycles. The van der Waals surface area contributed by atoms with Crippen LogP contribution in [0.4, 0.5) is 0 Å². The first-order valence-corrected chi connectivity index (χ1v) is 11.4. The van der Waals surface area contributed by atoms with Crippen molar-refractivity contribution in [1.82, 2.24) is 19.4 Å². The predicted molar refractivity (Wildman–Crippen MR) is 131 cm³/mol. The molecule has 0 saturated carbocycles. The summed E-state index contributed by atoms with van der Waals surface area (Å²) in [6.07, 6.45) is 7.56. The zero-order valence-electron chi connectivity index (χ0n) is 18.3. The lowest BCUT2D eigenvalue weighted by atomic mass is 9.98. The van der Waals surface area contributed by atoms with Gasteiger partial charge in [-0.2, -0.15) is 0 Å². The molecule has 162 valence electrons. The molecule has 2 aromatic heterocycles. The highest BCUT2D eigenvalue weighted by atomic mass is 16.2. The smallest absolute Gasteiger partial charge is 0.254 e. The Bertz CT molecular complexity index is 1440. The Morgan fingerprint density at radius 3 is 2.45 bits per heavy atom. The zero-order valence-corrected chi connectivity index (χ0v) is 18.3. The molecule has 1 fully saturated rings. The van der Waals surface area contributed by atoms with E-state index in [1.807, 2.05) is 66.1 Å². The average Bonchev–Trinajstić information content (AvgIpc) is 3.42. The molecule has 0 radical (unpaired) electrons. The van der Waals surface area contributed by atoms with Crippen molar-refractivity contribution in [3.05, 3.63) is 97.1 Å². The van der Waals surface area contributed by atoms with Crippen LogP contribution in [-0.4, -0.2) is 38.4 Å². The van der Waals surface area contributed by atoms with Gasteiger partial charge in [0, 0.05) is 42.5 Å². The molecule has 3 aromatic carbocycles. The summed E-state index contributed by atoms with van der Waals surface area (Å²) in [5.41, 5.74) is 3.46. The molecule has 0 atom stereocenters. The van der Waals surface area contributed by atoms with E-state index in [1.54, 1.807) is 0 Å². The largest absolute Gasteiger partial charge is 0.338 e. The molecule has 3 heterocycles. The van der Waals surface area contributed by atoms with E-state index in [-0.39, 0.29) is 5.91 Å². The molecule has 0 spiro atoms. The summed E-state index contributed by atoms with van der Waals surface area (Å²) >= 11 is 0. The van der Waals surface area contributed by atoms with Gasteiger partial charge in [-0.1, -0.05) is 60.7 Å². The Kier molecular flexibility index (Phi) is 4.87. The summed E-state index contributed by atoms with van der Waals surface area (Å²) < 4.78 is 2.16. The van der Waals surface area contributed by atoms with Crippen molar-refractivity contribution in [3.63, 3.8) is 0 Å². The van der Waals surface area contributed by atoms with Crippen molar-refractivity contribution in [2.24, 2.45) is 0 Å². The Balaban J connectivity index is 1.39. The summed E-state index contributed by atoms with van der Waals surface area (Å²) in [6, 6.07) is 24.9. The van der Waals surface area contributed by atoms with Crippen LogP contribution in [-0.2, 0) is 0 Å². The maximum absolute atomic E-state index is 13.7. The number of benzene rings is 3. The first-order valence-electron chi connectivity index (χ1n) is 11.4. The van der Waals surface area contributed by atoms with Gasteiger partial charge in [0.15, 0.2) is 0 Å². The Hall–Kier alpha value is -3.99. The molecule has 5 nitrogen and oxygen atoms in total. The van der Waals surface area contributed by atoms with Gasteiger partial charge in [0.2, 0.25) is 0 Å². The summed E-state index contributed by atoms with van der Waals surface area (Å²) in [4.78, 5) is 24.8. The lowest BCUT2D eigenvalue weighted by Gasteiger charge is -2.33. The lowest BCUT2D eigenvalue weighted by molar-refractivity contribution is 0.0696. The second kappa shape index (κ2) is 8.17. The van der Waals surface area contributed by atoms with E-state index in [1.165, 1.54) is 5.39 Å². The number of carbonyl (C=O) groups is 1. The number of fused-ring (bicyclic) bond motifs is 2. The number of hydrogen-bond acceptors (Lipinski definition) is 3. The molecule has 0 aliphatic carbocycles. The number of piperidine rings is 1. The van der Waals surface area contributed by atoms with Gasteiger partial charge in [0.1, 0.15) is 0 Å². The Morgan fingerprint density at radius 1 is 0.879 bits per heavy atom. The van der Waals surface area contributed by atoms with Gasteiger partial charge in [-0.3, -0.25) is 4.79 Å². The quantitative estimate of drug-likeness (QED) is 0.366. The number of aromatic nitrogens is 3. The van der Waals surface area contributed by atoms with Gasteiger partial charge in [-0.25, -0.2) is 9.97 Å². The van der Waals surface area contributed by atoms with Gasteiger partial charge in [0.05, 0.1) is 23.1 Å². The maximum atomic E-state index is 13.7. The van der Waals surface area contributed by atoms with Gasteiger partial charge in [-0.05, 0) is 35.7 Å². The summed E-state index contributed by atoms with van der Waals surface area (Å²) in [5.74, 6) is 0.0826. The monoisotopic (exact) mass is 432 g/mol. The molecule has 0 unspecified atom stereocenters. The van der Waals surface area contributed by atoms with Crippen molar-refractivity contribution < 1.29 is 4.79 Å². The van der Waals surface area contributed by atoms with E-state index in [4.69, 9.17) is 4.98 Å². The van der Waals surface area contributed by atoms with Crippen molar-refractivity contribution in [2.45, 2.75) is 18.9 Å². The molecule has 6 rings (SSSR count). The number of para-hydroxylation sites is 1. The van der Waals surface area contributed by atoms with E-state index >= 15 is 0 Å². The van der Waals surface area contributed by atoms with E-state index in [0.717, 1.165) is 59.0 Å². The average molecular weight is 433 g/mol. The zero-order chi connectivity index (χ0) is 22.2. The number of nitrogens with zero attached hydrogens (tertiary/aromatic N) is 4. The van der Waals surface area contributed by atoms with Crippen LogP contribution in [0.25, 0.3) is 32.9 Å². The van der Waals surface area contributed by atoms with Gasteiger partial charge < -0.3 is 9.47 Å². The molecular weight excluding hydrogens is 408 g/mol. The molecule has 1 aliphatic rings. The topological polar surface area (TPSA) is 51.0 Å². The second-order valence-electron chi connectivity index (χ2n) is 8.63. The lowest BCUT2D eigenvalue weighted by Crippen LogP contribution is -2.39. The standard InChI is InChI=1S/C28H24N4O/c33-28(31-15-12-21(13-16-31)32-17-14-29-19-32)25-18-27(30-26-11-4-3-9-24(25)26)23-10-5-7-20-6-1-2-8-22(20)23/h1-11,14,17-19,21H,12-13,15-16H2. The number of amides is 1. The Labute approximate surface area is 192 Å². The van der Waals surface area contributed by atoms with Crippen LogP contribution in [0.1, 0.15) is 29.2 Å². The van der Waals surface area contributed by atoms with Gasteiger partial charge >= 0.3 is 0 Å². The number of carbonyl (C=O) groups excluding carboxylic acids is 1. The summed E-state index contributed by atoms with van der Waals surface area (Å²) in [5, 5.41) is 3.21. The van der Waals surface area contributed by atoms with E-state index in [2.05, 4.69) is 39.9 Å². The molecule has 0 bridgehead atoms. The number of hydrogen-bond donors (Lipinski definition) is 0. The number of rotatable bonds is 3. The first-order chi connectivity index (χ1) is 16.3. The molecule has 0 N–H and O–H groups in total. The molecule has 1 saturated heterocycles.